The Balaban J connectivity index is 1.90. The molecule has 0 amide bonds. The van der Waals surface area contributed by atoms with Gasteiger partial charge in [-0.15, -0.1) is 23.5 Å². The first-order valence-corrected chi connectivity index (χ1v) is 9.36. The predicted molar refractivity (Wildman–Crippen MR) is 90.2 cm³/mol. The molecule has 20 heavy (non-hydrogen) atoms. The van der Waals surface area contributed by atoms with Crippen LogP contribution in [0.25, 0.3) is 0 Å². The molecular formula is C14H20ClNO2S2. The molecule has 1 heterocycles. The van der Waals surface area contributed by atoms with Crippen molar-refractivity contribution in [1.29, 1.82) is 0 Å². The van der Waals surface area contributed by atoms with Crippen LogP contribution in [0.3, 0.4) is 0 Å². The van der Waals surface area contributed by atoms with E-state index in [0.29, 0.717) is 13.2 Å². The van der Waals surface area contributed by atoms with Gasteiger partial charge in [0.05, 0.1) is 38.2 Å². The lowest BCUT2D eigenvalue weighted by Gasteiger charge is -2.24. The lowest BCUT2D eigenvalue weighted by Crippen LogP contribution is -2.23. The molecule has 1 fully saturated rings. The molecule has 0 saturated carbocycles. The van der Waals surface area contributed by atoms with Crippen LogP contribution in [-0.4, -0.2) is 49.7 Å². The molecule has 2 rings (SSSR count). The molecule has 0 bridgehead atoms. The van der Waals surface area contributed by atoms with Crippen molar-refractivity contribution in [1.82, 2.24) is 0 Å². The number of benzene rings is 1. The largest absolute Gasteiger partial charge is 0.378 e. The van der Waals surface area contributed by atoms with E-state index in [4.69, 9.17) is 21.1 Å². The highest BCUT2D eigenvalue weighted by molar-refractivity contribution is 8.00. The normalized spacial score (nSPS) is 19.8. The van der Waals surface area contributed by atoms with Crippen LogP contribution in [0.2, 0.25) is 5.02 Å². The zero-order valence-electron chi connectivity index (χ0n) is 11.4. The van der Waals surface area contributed by atoms with Crippen LogP contribution >= 0.6 is 35.1 Å². The fourth-order valence-corrected chi connectivity index (χ4v) is 3.64. The van der Waals surface area contributed by atoms with Gasteiger partial charge in [0.1, 0.15) is 0 Å². The Bertz CT molecular complexity index is 364. The molecule has 1 aliphatic rings. The molecule has 1 aromatic rings. The summed E-state index contributed by atoms with van der Waals surface area (Å²) in [5, 5.41) is 0.779. The Morgan fingerprint density at radius 3 is 1.95 bits per heavy atom. The molecule has 0 N–H and O–H groups in total. The Morgan fingerprint density at radius 2 is 1.40 bits per heavy atom. The Labute approximate surface area is 134 Å². The highest BCUT2D eigenvalue weighted by Crippen LogP contribution is 2.22. The van der Waals surface area contributed by atoms with Gasteiger partial charge in [0.25, 0.3) is 0 Å². The number of ether oxygens (including phenoxy) is 2. The molecule has 0 spiro atoms. The highest BCUT2D eigenvalue weighted by atomic mass is 35.5. The maximum absolute atomic E-state index is 5.95. The second-order valence-electron chi connectivity index (χ2n) is 4.32. The fourth-order valence-electron chi connectivity index (χ4n) is 1.75. The van der Waals surface area contributed by atoms with Crippen molar-refractivity contribution in [3.8, 4) is 0 Å². The lowest BCUT2D eigenvalue weighted by molar-refractivity contribution is 0.0605. The topological polar surface area (TPSA) is 21.7 Å². The average Bonchev–Trinajstić information content (AvgIpc) is 2.49. The summed E-state index contributed by atoms with van der Waals surface area (Å²) in [7, 11) is 0. The van der Waals surface area contributed by atoms with Crippen LogP contribution in [0.1, 0.15) is 0 Å². The summed E-state index contributed by atoms with van der Waals surface area (Å²) in [5.74, 6) is 3.96. The molecule has 0 atom stereocenters. The van der Waals surface area contributed by atoms with Gasteiger partial charge < -0.3 is 14.4 Å². The second kappa shape index (κ2) is 9.79. The van der Waals surface area contributed by atoms with Gasteiger partial charge >= 0.3 is 0 Å². The summed E-state index contributed by atoms with van der Waals surface area (Å²) in [4.78, 5) is 2.36. The number of hydrogen-bond donors (Lipinski definition) is 0. The molecule has 1 aliphatic heterocycles. The molecule has 112 valence electrons. The van der Waals surface area contributed by atoms with Crippen molar-refractivity contribution in [2.24, 2.45) is 0 Å². The quantitative estimate of drug-likeness (QED) is 0.781. The van der Waals surface area contributed by atoms with E-state index in [0.717, 1.165) is 41.5 Å². The molecule has 1 aromatic carbocycles. The van der Waals surface area contributed by atoms with Crippen molar-refractivity contribution in [3.63, 3.8) is 0 Å². The summed E-state index contributed by atoms with van der Waals surface area (Å²) in [5.41, 5.74) is 1.21. The molecule has 0 unspecified atom stereocenters. The Hall–Kier alpha value is -0.0700. The van der Waals surface area contributed by atoms with Gasteiger partial charge in [-0.25, -0.2) is 0 Å². The molecule has 0 radical (unpaired) electrons. The highest BCUT2D eigenvalue weighted by Gasteiger charge is 2.07. The number of hydrogen-bond acceptors (Lipinski definition) is 5. The molecule has 0 aliphatic carbocycles. The Morgan fingerprint density at radius 1 is 0.850 bits per heavy atom. The van der Waals surface area contributed by atoms with E-state index in [1.165, 1.54) is 5.69 Å². The van der Waals surface area contributed by atoms with Gasteiger partial charge in [-0.1, -0.05) is 11.6 Å². The van der Waals surface area contributed by atoms with Gasteiger partial charge in [0, 0.05) is 22.2 Å². The van der Waals surface area contributed by atoms with Crippen LogP contribution in [0.5, 0.6) is 0 Å². The van der Waals surface area contributed by atoms with Crippen LogP contribution in [-0.2, 0) is 9.47 Å². The van der Waals surface area contributed by atoms with Gasteiger partial charge in [-0.2, -0.15) is 0 Å². The summed E-state index contributed by atoms with van der Waals surface area (Å²) in [6, 6.07) is 8.04. The van der Waals surface area contributed by atoms with Crippen molar-refractivity contribution >= 4 is 40.8 Å². The van der Waals surface area contributed by atoms with Crippen molar-refractivity contribution in [2.45, 2.75) is 0 Å². The summed E-state index contributed by atoms with van der Waals surface area (Å²) >= 11 is 9.74. The number of halogens is 1. The summed E-state index contributed by atoms with van der Waals surface area (Å²) in [6.07, 6.45) is 0. The smallest absolute Gasteiger partial charge is 0.0700 e. The van der Waals surface area contributed by atoms with Gasteiger partial charge in [0.15, 0.2) is 0 Å². The Kier molecular flexibility index (Phi) is 7.98. The van der Waals surface area contributed by atoms with Crippen LogP contribution < -0.4 is 4.90 Å². The summed E-state index contributed by atoms with van der Waals surface area (Å²) in [6.45, 7) is 2.98. The SMILES string of the molecule is Clc1ccc(N2CSCCOCCOCCSC2)cc1. The maximum Gasteiger partial charge on any atom is 0.0700 e. The standard InChI is InChI=1S/C14H20ClNO2S2/c15-13-1-3-14(4-2-13)16-11-19-9-7-17-5-6-18-8-10-20-12-16/h1-4H,5-12H2. The van der Waals surface area contributed by atoms with Crippen LogP contribution in [0, 0.1) is 0 Å². The number of anilines is 1. The minimum atomic E-state index is 0.701. The van der Waals surface area contributed by atoms with Crippen LogP contribution in [0.15, 0.2) is 24.3 Å². The zero-order chi connectivity index (χ0) is 14.0. The maximum atomic E-state index is 5.95. The second-order valence-corrected chi connectivity index (χ2v) is 6.90. The summed E-state index contributed by atoms with van der Waals surface area (Å²) < 4.78 is 11.0. The van der Waals surface area contributed by atoms with E-state index >= 15 is 0 Å². The van der Waals surface area contributed by atoms with Gasteiger partial charge in [0.2, 0.25) is 0 Å². The number of rotatable bonds is 1. The first kappa shape index (κ1) is 16.3. The van der Waals surface area contributed by atoms with E-state index in [1.54, 1.807) is 0 Å². The minimum absolute atomic E-state index is 0.701. The zero-order valence-corrected chi connectivity index (χ0v) is 13.8. The predicted octanol–water partition coefficient (Wildman–Crippen LogP) is 3.57. The van der Waals surface area contributed by atoms with Crippen molar-refractivity contribution < 1.29 is 9.47 Å². The first-order valence-electron chi connectivity index (χ1n) is 6.68. The third-order valence-corrected chi connectivity index (χ3v) is 4.95. The van der Waals surface area contributed by atoms with Crippen molar-refractivity contribution in [3.05, 3.63) is 29.3 Å². The lowest BCUT2D eigenvalue weighted by atomic mass is 10.3. The van der Waals surface area contributed by atoms with E-state index < -0.39 is 0 Å². The van der Waals surface area contributed by atoms with Crippen molar-refractivity contribution in [2.75, 3.05) is 54.6 Å². The number of nitrogens with zero attached hydrogens (tertiary/aromatic N) is 1. The van der Waals surface area contributed by atoms with E-state index in [1.807, 2.05) is 35.7 Å². The fraction of sp³-hybridized carbons (Fsp3) is 0.571. The first-order chi connectivity index (χ1) is 9.86. The molecule has 1 saturated heterocycles. The molecule has 0 aromatic heterocycles. The van der Waals surface area contributed by atoms with Crippen LogP contribution in [0.4, 0.5) is 5.69 Å². The van der Waals surface area contributed by atoms with Gasteiger partial charge in [-0.3, -0.25) is 0 Å². The van der Waals surface area contributed by atoms with E-state index in [2.05, 4.69) is 17.0 Å². The molecule has 3 nitrogen and oxygen atoms in total. The van der Waals surface area contributed by atoms with Gasteiger partial charge in [-0.05, 0) is 24.3 Å². The average molecular weight is 334 g/mol. The molecular weight excluding hydrogens is 314 g/mol. The number of thioether (sulfide) groups is 2. The third-order valence-electron chi connectivity index (χ3n) is 2.80. The van der Waals surface area contributed by atoms with E-state index in [9.17, 15) is 0 Å². The van der Waals surface area contributed by atoms with E-state index in [-0.39, 0.29) is 0 Å². The third kappa shape index (κ3) is 6.14. The molecule has 6 heteroatoms. The minimum Gasteiger partial charge on any atom is -0.378 e. The monoisotopic (exact) mass is 333 g/mol.